The minimum absolute atomic E-state index is 0.532. The minimum atomic E-state index is 0.532. The Morgan fingerprint density at radius 1 is 1.16 bits per heavy atom. The number of rotatable bonds is 3. The highest BCUT2D eigenvalue weighted by atomic mass is 35.5. The normalized spacial score (nSPS) is 11.0. The van der Waals surface area contributed by atoms with Crippen LogP contribution in [0.2, 0.25) is 5.02 Å². The Kier molecular flexibility index (Phi) is 4.08. The van der Waals surface area contributed by atoms with Crippen LogP contribution >= 0.6 is 11.6 Å². The minimum Gasteiger partial charge on any atom is -0.384 e. The lowest BCUT2D eigenvalue weighted by molar-refractivity contribution is 0.402. The summed E-state index contributed by atoms with van der Waals surface area (Å²) < 4.78 is 0. The van der Waals surface area contributed by atoms with Crippen LogP contribution in [0, 0.1) is 6.92 Å². The van der Waals surface area contributed by atoms with Crippen LogP contribution in [0.3, 0.4) is 0 Å². The van der Waals surface area contributed by atoms with Gasteiger partial charge in [-0.3, -0.25) is 0 Å². The fraction of sp³-hybridized carbons (Fsp3) is 0.267. The van der Waals surface area contributed by atoms with Crippen molar-refractivity contribution < 1.29 is 0 Å². The van der Waals surface area contributed by atoms with Gasteiger partial charge in [-0.25, -0.2) is 4.98 Å². The Balaban J connectivity index is 2.46. The van der Waals surface area contributed by atoms with Crippen molar-refractivity contribution in [2.75, 3.05) is 19.8 Å². The highest BCUT2D eigenvalue weighted by Crippen LogP contribution is 2.25. The maximum atomic E-state index is 6.19. The molecule has 0 atom stereocenters. The molecular weight excluding hydrogens is 258 g/mol. The predicted octanol–water partition coefficient (Wildman–Crippen LogP) is 3.35. The number of nitrogens with zero attached hydrogens (tertiary/aromatic N) is 2. The van der Waals surface area contributed by atoms with E-state index in [0.29, 0.717) is 5.82 Å². The van der Waals surface area contributed by atoms with Gasteiger partial charge in [0, 0.05) is 17.1 Å². The number of hydrogen-bond donors (Lipinski definition) is 1. The van der Waals surface area contributed by atoms with Gasteiger partial charge in [-0.15, -0.1) is 0 Å². The van der Waals surface area contributed by atoms with Gasteiger partial charge in [0.2, 0.25) is 0 Å². The number of hydrogen-bond acceptors (Lipinski definition) is 3. The summed E-state index contributed by atoms with van der Waals surface area (Å²) in [6, 6.07) is 9.87. The first-order valence-corrected chi connectivity index (χ1v) is 6.50. The molecule has 1 aromatic carbocycles. The molecule has 0 fully saturated rings. The van der Waals surface area contributed by atoms with Crippen LogP contribution in [0.25, 0.3) is 11.3 Å². The molecule has 0 saturated heterocycles. The predicted molar refractivity (Wildman–Crippen MR) is 81.2 cm³/mol. The Morgan fingerprint density at radius 3 is 2.53 bits per heavy atom. The third kappa shape index (κ3) is 3.69. The van der Waals surface area contributed by atoms with E-state index < -0.39 is 0 Å². The molecule has 0 radical (unpaired) electrons. The standard InChI is InChI=1S/C15H18ClN3/c1-10-4-14(18-15(17)5-10)12-6-11(9-19(2)3)7-13(16)8-12/h4-8H,9H2,1-3H3,(H2,17,18). The second-order valence-corrected chi connectivity index (χ2v) is 5.48. The van der Waals surface area contributed by atoms with Gasteiger partial charge in [0.05, 0.1) is 5.69 Å². The molecule has 100 valence electrons. The monoisotopic (exact) mass is 275 g/mol. The summed E-state index contributed by atoms with van der Waals surface area (Å²) in [7, 11) is 4.06. The van der Waals surface area contributed by atoms with E-state index in [1.165, 1.54) is 0 Å². The maximum Gasteiger partial charge on any atom is 0.124 e. The van der Waals surface area contributed by atoms with Gasteiger partial charge in [0.1, 0.15) is 5.82 Å². The van der Waals surface area contributed by atoms with E-state index >= 15 is 0 Å². The number of nitrogen functional groups attached to an aromatic ring is 1. The molecule has 2 aromatic rings. The largest absolute Gasteiger partial charge is 0.384 e. The van der Waals surface area contributed by atoms with Gasteiger partial charge in [0.25, 0.3) is 0 Å². The van der Waals surface area contributed by atoms with E-state index in [2.05, 4.69) is 16.0 Å². The molecule has 0 spiro atoms. The molecule has 0 amide bonds. The SMILES string of the molecule is Cc1cc(N)nc(-c2cc(Cl)cc(CN(C)C)c2)c1. The average Bonchev–Trinajstić information content (AvgIpc) is 2.25. The third-order valence-electron chi connectivity index (χ3n) is 2.74. The Morgan fingerprint density at radius 2 is 1.89 bits per heavy atom. The zero-order valence-electron chi connectivity index (χ0n) is 11.4. The summed E-state index contributed by atoms with van der Waals surface area (Å²) in [5.74, 6) is 0.532. The van der Waals surface area contributed by atoms with Crippen molar-refractivity contribution >= 4 is 17.4 Å². The molecule has 3 nitrogen and oxygen atoms in total. The summed E-state index contributed by atoms with van der Waals surface area (Å²) in [6.07, 6.45) is 0. The van der Waals surface area contributed by atoms with Crippen LogP contribution in [0.5, 0.6) is 0 Å². The highest BCUT2D eigenvalue weighted by Gasteiger charge is 2.06. The zero-order chi connectivity index (χ0) is 14.0. The van der Waals surface area contributed by atoms with Gasteiger partial charge < -0.3 is 10.6 Å². The maximum absolute atomic E-state index is 6.19. The van der Waals surface area contributed by atoms with Gasteiger partial charge >= 0.3 is 0 Å². The van der Waals surface area contributed by atoms with E-state index in [9.17, 15) is 0 Å². The Bertz CT molecular complexity index is 574. The second-order valence-electron chi connectivity index (χ2n) is 5.04. The lowest BCUT2D eigenvalue weighted by Gasteiger charge is -2.12. The van der Waals surface area contributed by atoms with Gasteiger partial charge in [0.15, 0.2) is 0 Å². The molecule has 2 N–H and O–H groups in total. The Hall–Kier alpha value is -1.58. The zero-order valence-corrected chi connectivity index (χ0v) is 12.2. The summed E-state index contributed by atoms with van der Waals surface area (Å²) in [6.45, 7) is 2.85. The van der Waals surface area contributed by atoms with E-state index in [4.69, 9.17) is 17.3 Å². The van der Waals surface area contributed by atoms with Crippen LogP contribution in [0.4, 0.5) is 5.82 Å². The first-order valence-electron chi connectivity index (χ1n) is 6.13. The van der Waals surface area contributed by atoms with Gasteiger partial charge in [-0.1, -0.05) is 11.6 Å². The number of aryl methyl sites for hydroxylation is 1. The van der Waals surface area contributed by atoms with Crippen molar-refractivity contribution in [3.63, 3.8) is 0 Å². The smallest absolute Gasteiger partial charge is 0.124 e. The number of anilines is 1. The van der Waals surface area contributed by atoms with Crippen LogP contribution < -0.4 is 5.73 Å². The number of pyridine rings is 1. The van der Waals surface area contributed by atoms with E-state index in [1.54, 1.807) is 0 Å². The molecule has 1 heterocycles. The third-order valence-corrected chi connectivity index (χ3v) is 2.96. The summed E-state index contributed by atoms with van der Waals surface area (Å²) in [4.78, 5) is 6.48. The van der Waals surface area contributed by atoms with Crippen molar-refractivity contribution in [3.8, 4) is 11.3 Å². The van der Waals surface area contributed by atoms with Crippen LogP contribution in [-0.4, -0.2) is 24.0 Å². The topological polar surface area (TPSA) is 42.1 Å². The molecule has 0 unspecified atom stereocenters. The highest BCUT2D eigenvalue weighted by molar-refractivity contribution is 6.30. The van der Waals surface area contributed by atoms with Crippen molar-refractivity contribution in [1.29, 1.82) is 0 Å². The van der Waals surface area contributed by atoms with Crippen LogP contribution in [0.15, 0.2) is 30.3 Å². The first kappa shape index (κ1) is 13.8. The number of halogens is 1. The second kappa shape index (κ2) is 5.59. The molecule has 0 aliphatic rings. The van der Waals surface area contributed by atoms with Crippen molar-refractivity contribution in [3.05, 3.63) is 46.5 Å². The first-order chi connectivity index (χ1) is 8.94. The molecule has 4 heteroatoms. The fourth-order valence-corrected chi connectivity index (χ4v) is 2.35. The molecule has 1 aromatic heterocycles. The van der Waals surface area contributed by atoms with Crippen molar-refractivity contribution in [1.82, 2.24) is 9.88 Å². The average molecular weight is 276 g/mol. The molecule has 0 saturated carbocycles. The lowest BCUT2D eigenvalue weighted by Crippen LogP contribution is -2.10. The fourth-order valence-electron chi connectivity index (χ4n) is 2.10. The van der Waals surface area contributed by atoms with Crippen LogP contribution in [-0.2, 0) is 6.54 Å². The number of benzene rings is 1. The van der Waals surface area contributed by atoms with Crippen LogP contribution in [0.1, 0.15) is 11.1 Å². The summed E-state index contributed by atoms with van der Waals surface area (Å²) >= 11 is 6.19. The number of aromatic nitrogens is 1. The van der Waals surface area contributed by atoms with E-state index in [1.807, 2.05) is 45.3 Å². The van der Waals surface area contributed by atoms with Crippen molar-refractivity contribution in [2.24, 2.45) is 0 Å². The molecule has 19 heavy (non-hydrogen) atoms. The molecule has 0 bridgehead atoms. The summed E-state index contributed by atoms with van der Waals surface area (Å²) in [5.41, 5.74) is 9.92. The molecular formula is C15H18ClN3. The van der Waals surface area contributed by atoms with E-state index in [-0.39, 0.29) is 0 Å². The quantitative estimate of drug-likeness (QED) is 0.934. The lowest BCUT2D eigenvalue weighted by atomic mass is 10.1. The van der Waals surface area contributed by atoms with Crippen molar-refractivity contribution in [2.45, 2.75) is 13.5 Å². The van der Waals surface area contributed by atoms with Gasteiger partial charge in [-0.2, -0.15) is 0 Å². The molecule has 2 rings (SSSR count). The van der Waals surface area contributed by atoms with Gasteiger partial charge in [-0.05, 0) is 62.5 Å². The molecule has 0 aliphatic heterocycles. The summed E-state index contributed by atoms with van der Waals surface area (Å²) in [5, 5.41) is 0.719. The van der Waals surface area contributed by atoms with E-state index in [0.717, 1.165) is 34.0 Å². The number of nitrogens with two attached hydrogens (primary N) is 1. The Labute approximate surface area is 119 Å². The molecule has 0 aliphatic carbocycles.